The Labute approximate surface area is 204 Å². The Kier molecular flexibility index (Phi) is 7.63. The molecule has 0 radical (unpaired) electrons. The molecule has 2 aliphatic rings. The van der Waals surface area contributed by atoms with Gasteiger partial charge in [-0.1, -0.05) is 30.7 Å². The average molecular weight is 484 g/mol. The third-order valence-corrected chi connectivity index (χ3v) is 8.63. The van der Waals surface area contributed by atoms with Gasteiger partial charge in [0.1, 0.15) is 0 Å². The van der Waals surface area contributed by atoms with Crippen LogP contribution in [0, 0.1) is 25.7 Å². The predicted molar refractivity (Wildman–Crippen MR) is 137 cm³/mol. The van der Waals surface area contributed by atoms with Gasteiger partial charge in [0.15, 0.2) is 0 Å². The first-order valence-corrected chi connectivity index (χ1v) is 13.9. The van der Waals surface area contributed by atoms with Crippen LogP contribution in [0.1, 0.15) is 54.1 Å². The van der Waals surface area contributed by atoms with Crippen molar-refractivity contribution in [3.05, 3.63) is 59.2 Å². The van der Waals surface area contributed by atoms with Crippen LogP contribution >= 0.6 is 0 Å². The van der Waals surface area contributed by atoms with Gasteiger partial charge in [-0.25, -0.2) is 8.42 Å². The van der Waals surface area contributed by atoms with Crippen molar-refractivity contribution in [1.82, 2.24) is 9.80 Å². The number of carbonyl (C=O) groups excluding carboxylic acids is 1. The molecule has 0 aromatic heterocycles. The van der Waals surface area contributed by atoms with Gasteiger partial charge >= 0.3 is 0 Å². The van der Waals surface area contributed by atoms with Crippen molar-refractivity contribution in [2.24, 2.45) is 11.8 Å². The minimum atomic E-state index is -3.79. The largest absolute Gasteiger partial charge is 0.338 e. The average Bonchev–Trinajstić information content (AvgIpc) is 2.82. The zero-order valence-corrected chi connectivity index (χ0v) is 21.4. The monoisotopic (exact) mass is 483 g/mol. The van der Waals surface area contributed by atoms with E-state index < -0.39 is 10.0 Å². The summed E-state index contributed by atoms with van der Waals surface area (Å²) in [5.41, 5.74) is 2.83. The molecule has 0 aliphatic carbocycles. The number of nitrogens with one attached hydrogen (secondary N) is 1. The first kappa shape index (κ1) is 24.7. The predicted octanol–water partition coefficient (Wildman–Crippen LogP) is 4.69. The number of rotatable bonds is 6. The van der Waals surface area contributed by atoms with Crippen molar-refractivity contribution in [3.8, 4) is 0 Å². The number of anilines is 1. The van der Waals surface area contributed by atoms with Gasteiger partial charge in [-0.15, -0.1) is 0 Å². The molecule has 2 heterocycles. The van der Waals surface area contributed by atoms with Crippen molar-refractivity contribution < 1.29 is 13.2 Å². The summed E-state index contributed by atoms with van der Waals surface area (Å²) < 4.78 is 28.6. The first-order chi connectivity index (χ1) is 16.2. The fraction of sp³-hybridized carbons (Fsp3) is 0.519. The highest BCUT2D eigenvalue weighted by molar-refractivity contribution is 7.92. The van der Waals surface area contributed by atoms with Crippen molar-refractivity contribution in [1.29, 1.82) is 0 Å². The van der Waals surface area contributed by atoms with E-state index >= 15 is 0 Å². The fourth-order valence-corrected chi connectivity index (χ4v) is 6.10. The number of hydrogen-bond donors (Lipinski definition) is 1. The maximum absolute atomic E-state index is 13.5. The molecule has 1 N–H and O–H groups in total. The Bertz CT molecular complexity index is 1110. The maximum atomic E-state index is 13.5. The molecule has 2 aliphatic heterocycles. The Morgan fingerprint density at radius 2 is 1.71 bits per heavy atom. The molecule has 34 heavy (non-hydrogen) atoms. The number of hydrogen-bond acceptors (Lipinski definition) is 4. The minimum absolute atomic E-state index is 0.0677. The quantitative estimate of drug-likeness (QED) is 0.647. The molecule has 4 rings (SSSR count). The van der Waals surface area contributed by atoms with Crippen molar-refractivity contribution in [2.75, 3.05) is 37.4 Å². The van der Waals surface area contributed by atoms with E-state index in [4.69, 9.17) is 0 Å². The Hall–Kier alpha value is -2.38. The Balaban J connectivity index is 1.46. The highest BCUT2D eigenvalue weighted by atomic mass is 32.2. The van der Waals surface area contributed by atoms with E-state index in [1.807, 2.05) is 30.9 Å². The van der Waals surface area contributed by atoms with Crippen molar-refractivity contribution in [2.45, 2.75) is 51.3 Å². The summed E-state index contributed by atoms with van der Waals surface area (Å²) in [7, 11) is -3.79. The lowest BCUT2D eigenvalue weighted by Gasteiger charge is -2.38. The molecule has 0 bridgehead atoms. The van der Waals surface area contributed by atoms with Crippen LogP contribution in [0.3, 0.4) is 0 Å². The molecule has 1 amide bonds. The fourth-order valence-electron chi connectivity index (χ4n) is 5.01. The van der Waals surface area contributed by atoms with Gasteiger partial charge in [-0.05, 0) is 94.3 Å². The second-order valence-corrected chi connectivity index (χ2v) is 11.9. The molecule has 2 saturated heterocycles. The summed E-state index contributed by atoms with van der Waals surface area (Å²) in [5, 5.41) is 0. The van der Waals surface area contributed by atoms with E-state index in [9.17, 15) is 13.2 Å². The molecule has 1 atom stereocenters. The molecule has 184 valence electrons. The molecular formula is C27H37N3O3S. The van der Waals surface area contributed by atoms with Crippen molar-refractivity contribution in [3.63, 3.8) is 0 Å². The lowest BCUT2D eigenvalue weighted by atomic mass is 9.94. The molecule has 2 fully saturated rings. The summed E-state index contributed by atoms with van der Waals surface area (Å²) in [5.74, 6) is 1.22. The van der Waals surface area contributed by atoms with E-state index in [-0.39, 0.29) is 10.8 Å². The molecule has 2 aromatic carbocycles. The van der Waals surface area contributed by atoms with Crippen LogP contribution in [0.4, 0.5) is 5.69 Å². The molecular weight excluding hydrogens is 446 g/mol. The topological polar surface area (TPSA) is 69.7 Å². The van der Waals surface area contributed by atoms with E-state index in [1.165, 1.54) is 18.9 Å². The summed E-state index contributed by atoms with van der Waals surface area (Å²) in [6, 6.07) is 12.0. The zero-order chi connectivity index (χ0) is 24.3. The van der Waals surface area contributed by atoms with Gasteiger partial charge in [0.05, 0.1) is 4.90 Å². The van der Waals surface area contributed by atoms with Crippen LogP contribution in [0.5, 0.6) is 0 Å². The van der Waals surface area contributed by atoms with E-state index in [1.54, 1.807) is 24.3 Å². The summed E-state index contributed by atoms with van der Waals surface area (Å²) in [4.78, 5) is 18.1. The van der Waals surface area contributed by atoms with Crippen LogP contribution in [0.2, 0.25) is 0 Å². The molecule has 6 nitrogen and oxygen atoms in total. The van der Waals surface area contributed by atoms with Gasteiger partial charge in [-0.3, -0.25) is 9.52 Å². The van der Waals surface area contributed by atoms with E-state index in [2.05, 4.69) is 16.5 Å². The molecule has 7 heteroatoms. The lowest BCUT2D eigenvalue weighted by Crippen LogP contribution is -2.45. The van der Waals surface area contributed by atoms with E-state index in [0.29, 0.717) is 17.2 Å². The summed E-state index contributed by atoms with van der Waals surface area (Å²) in [6.45, 7) is 11.0. The van der Waals surface area contributed by atoms with Crippen LogP contribution in [-0.2, 0) is 10.0 Å². The number of carbonyl (C=O) groups is 1. The number of benzene rings is 2. The number of piperidine rings is 2. The van der Waals surface area contributed by atoms with Crippen molar-refractivity contribution >= 4 is 21.6 Å². The molecule has 0 spiro atoms. The van der Waals surface area contributed by atoms with Crippen LogP contribution < -0.4 is 4.72 Å². The standard InChI is InChI=1S/C27H37N3O3S/c1-20-6-9-24(10-7-20)28-34(32,33)25-11-8-22(3)26(17-25)27(31)30-14-4-5-23(19-30)18-29-15-12-21(2)13-16-29/h6-11,17,21,23,28H,4-5,12-16,18-19H2,1-3H3. The Morgan fingerprint density at radius 1 is 1.00 bits per heavy atom. The van der Waals surface area contributed by atoms with Gasteiger partial charge in [0, 0.05) is 30.9 Å². The third-order valence-electron chi connectivity index (χ3n) is 7.25. The lowest BCUT2D eigenvalue weighted by molar-refractivity contribution is 0.0621. The second-order valence-electron chi connectivity index (χ2n) is 10.2. The smallest absolute Gasteiger partial charge is 0.261 e. The third kappa shape index (κ3) is 5.99. The van der Waals surface area contributed by atoms with Gasteiger partial charge < -0.3 is 9.80 Å². The van der Waals surface area contributed by atoms with Crippen LogP contribution in [0.15, 0.2) is 47.4 Å². The van der Waals surface area contributed by atoms with E-state index in [0.717, 1.165) is 62.6 Å². The maximum Gasteiger partial charge on any atom is 0.261 e. The minimum Gasteiger partial charge on any atom is -0.338 e. The first-order valence-electron chi connectivity index (χ1n) is 12.4. The Morgan fingerprint density at radius 3 is 2.41 bits per heavy atom. The highest BCUT2D eigenvalue weighted by Gasteiger charge is 2.28. The molecule has 1 unspecified atom stereocenters. The number of sulfonamides is 1. The molecule has 0 saturated carbocycles. The normalized spacial score (nSPS) is 20.3. The SMILES string of the molecule is Cc1ccc(NS(=O)(=O)c2ccc(C)c(C(=O)N3CCCC(CN4CCC(C)CC4)C3)c2)cc1. The molecule has 2 aromatic rings. The summed E-state index contributed by atoms with van der Waals surface area (Å²) in [6.07, 6.45) is 4.65. The van der Waals surface area contributed by atoms with Crippen LogP contribution in [-0.4, -0.2) is 56.8 Å². The van der Waals surface area contributed by atoms with Gasteiger partial charge in [0.25, 0.3) is 15.9 Å². The number of nitrogens with zero attached hydrogens (tertiary/aromatic N) is 2. The van der Waals surface area contributed by atoms with Gasteiger partial charge in [-0.2, -0.15) is 0 Å². The number of aryl methyl sites for hydroxylation is 2. The second kappa shape index (κ2) is 10.5. The number of amides is 1. The highest BCUT2D eigenvalue weighted by Crippen LogP contribution is 2.25. The summed E-state index contributed by atoms with van der Waals surface area (Å²) >= 11 is 0. The zero-order valence-electron chi connectivity index (χ0n) is 20.6. The van der Waals surface area contributed by atoms with Crippen LogP contribution in [0.25, 0.3) is 0 Å². The number of likely N-dealkylation sites (tertiary alicyclic amines) is 2. The van der Waals surface area contributed by atoms with Gasteiger partial charge in [0.2, 0.25) is 0 Å².